The summed E-state index contributed by atoms with van der Waals surface area (Å²) < 4.78 is 1.37. The van der Waals surface area contributed by atoms with Crippen LogP contribution in [0.4, 0.5) is 0 Å². The summed E-state index contributed by atoms with van der Waals surface area (Å²) in [5.41, 5.74) is 6.13. The summed E-state index contributed by atoms with van der Waals surface area (Å²) in [5, 5.41) is 7.31. The number of fused-ring (bicyclic) bond motifs is 1. The number of thiophene rings is 2. The number of rotatable bonds is 7. The van der Waals surface area contributed by atoms with Gasteiger partial charge in [-0.3, -0.25) is 14.2 Å². The Hall–Kier alpha value is -1.74. The topological polar surface area (TPSA) is 90.0 Å². The molecule has 134 valence electrons. The molecule has 0 saturated carbocycles. The summed E-state index contributed by atoms with van der Waals surface area (Å²) in [5.74, 6) is -0.192. The Kier molecular flexibility index (Phi) is 7.12. The number of nitrogens with one attached hydrogen (secondary N) is 1. The number of hydrogen-bond acceptors (Lipinski definition) is 6. The molecule has 0 aromatic carbocycles. The monoisotopic (exact) mass is 398 g/mol. The summed E-state index contributed by atoms with van der Waals surface area (Å²) in [6.45, 7) is 1.16. The van der Waals surface area contributed by atoms with Crippen molar-refractivity contribution in [1.29, 1.82) is 0 Å². The van der Waals surface area contributed by atoms with E-state index in [0.29, 0.717) is 23.3 Å². The average Bonchev–Trinajstić information content (AvgIpc) is 3.23. The van der Waals surface area contributed by atoms with E-state index in [0.717, 1.165) is 23.3 Å². The minimum absolute atomic E-state index is 0. The molecule has 0 spiro atoms. The van der Waals surface area contributed by atoms with Gasteiger partial charge in [-0.25, -0.2) is 4.98 Å². The zero-order chi connectivity index (χ0) is 16.9. The van der Waals surface area contributed by atoms with Gasteiger partial charge in [0.25, 0.3) is 5.56 Å². The highest BCUT2D eigenvalue weighted by Gasteiger charge is 2.15. The maximum atomic E-state index is 12.8. The van der Waals surface area contributed by atoms with Gasteiger partial charge in [0.15, 0.2) is 0 Å². The largest absolute Gasteiger partial charge is 0.355 e. The smallest absolute Gasteiger partial charge is 0.263 e. The summed E-state index contributed by atoms with van der Waals surface area (Å²) in [6, 6.07) is 3.93. The molecule has 0 aliphatic carbocycles. The lowest BCUT2D eigenvalue weighted by atomic mass is 10.2. The molecule has 1 amide bonds. The van der Waals surface area contributed by atoms with Crippen LogP contribution in [-0.4, -0.2) is 28.5 Å². The Balaban J connectivity index is 0.00000225. The predicted molar refractivity (Wildman–Crippen MR) is 106 cm³/mol. The van der Waals surface area contributed by atoms with Gasteiger partial charge in [0.1, 0.15) is 11.4 Å². The van der Waals surface area contributed by atoms with Gasteiger partial charge in [-0.15, -0.1) is 35.1 Å². The summed E-state index contributed by atoms with van der Waals surface area (Å²) in [4.78, 5) is 30.8. The van der Waals surface area contributed by atoms with Crippen molar-refractivity contribution in [1.82, 2.24) is 14.9 Å². The molecule has 0 aliphatic heterocycles. The van der Waals surface area contributed by atoms with Gasteiger partial charge < -0.3 is 11.1 Å². The van der Waals surface area contributed by atoms with Crippen LogP contribution < -0.4 is 16.6 Å². The second-order valence-electron chi connectivity index (χ2n) is 5.33. The molecule has 9 heteroatoms. The average molecular weight is 399 g/mol. The highest BCUT2D eigenvalue weighted by atomic mass is 35.5. The van der Waals surface area contributed by atoms with Crippen molar-refractivity contribution >= 4 is 51.2 Å². The molecule has 25 heavy (non-hydrogen) atoms. The molecule has 3 heterocycles. The maximum absolute atomic E-state index is 12.8. The van der Waals surface area contributed by atoms with Gasteiger partial charge in [-0.05, 0) is 30.8 Å². The van der Waals surface area contributed by atoms with Gasteiger partial charge in [-0.2, -0.15) is 0 Å². The van der Waals surface area contributed by atoms with Crippen LogP contribution in [0.2, 0.25) is 0 Å². The first kappa shape index (κ1) is 19.6. The van der Waals surface area contributed by atoms with Gasteiger partial charge in [0, 0.05) is 22.4 Å². The minimum atomic E-state index is -0.192. The standard InChI is InChI=1S/C16H18N4O2S2.ClH/c17-5-1-2-6-18-13(21)8-20-10-19-15-14(16(20)22)11(9-24-15)12-4-3-7-23-12;/h3-4,7,9-10H,1-2,5-6,8,17H2,(H,18,21);1H. The molecule has 3 rings (SSSR count). The fourth-order valence-electron chi connectivity index (χ4n) is 2.40. The molecule has 3 aromatic rings. The Morgan fingerprint density at radius 2 is 2.16 bits per heavy atom. The van der Waals surface area contributed by atoms with E-state index >= 15 is 0 Å². The van der Waals surface area contributed by atoms with E-state index in [1.165, 1.54) is 22.2 Å². The molecule has 0 bridgehead atoms. The number of halogens is 1. The van der Waals surface area contributed by atoms with E-state index in [9.17, 15) is 9.59 Å². The first-order valence-corrected chi connectivity index (χ1v) is 9.44. The Morgan fingerprint density at radius 1 is 1.32 bits per heavy atom. The first-order valence-electron chi connectivity index (χ1n) is 7.68. The van der Waals surface area contributed by atoms with Gasteiger partial charge >= 0.3 is 0 Å². The molecule has 0 atom stereocenters. The third-order valence-electron chi connectivity index (χ3n) is 3.61. The number of carbonyl (C=O) groups excluding carboxylic acids is 1. The van der Waals surface area contributed by atoms with E-state index in [4.69, 9.17) is 5.73 Å². The lowest BCUT2D eigenvalue weighted by Gasteiger charge is -2.07. The summed E-state index contributed by atoms with van der Waals surface area (Å²) in [6.07, 6.45) is 3.15. The summed E-state index contributed by atoms with van der Waals surface area (Å²) in [7, 11) is 0. The second kappa shape index (κ2) is 9.10. The lowest BCUT2D eigenvalue weighted by molar-refractivity contribution is -0.121. The molecule has 3 aromatic heterocycles. The molecular weight excluding hydrogens is 380 g/mol. The van der Waals surface area contributed by atoms with Crippen LogP contribution in [-0.2, 0) is 11.3 Å². The molecule has 6 nitrogen and oxygen atoms in total. The Bertz CT molecular complexity index is 889. The highest BCUT2D eigenvalue weighted by molar-refractivity contribution is 7.18. The highest BCUT2D eigenvalue weighted by Crippen LogP contribution is 2.33. The molecule has 0 saturated heterocycles. The normalized spacial score (nSPS) is 10.6. The van der Waals surface area contributed by atoms with Crippen molar-refractivity contribution in [3.63, 3.8) is 0 Å². The van der Waals surface area contributed by atoms with Crippen LogP contribution in [0.1, 0.15) is 12.8 Å². The van der Waals surface area contributed by atoms with Gasteiger partial charge in [0.05, 0.1) is 11.7 Å². The number of amides is 1. The second-order valence-corrected chi connectivity index (χ2v) is 7.14. The fraction of sp³-hybridized carbons (Fsp3) is 0.312. The number of hydrogen-bond donors (Lipinski definition) is 2. The fourth-order valence-corrected chi connectivity index (χ4v) is 4.12. The van der Waals surface area contributed by atoms with E-state index in [-0.39, 0.29) is 30.4 Å². The number of aromatic nitrogens is 2. The van der Waals surface area contributed by atoms with Crippen LogP contribution in [0.15, 0.2) is 34.0 Å². The van der Waals surface area contributed by atoms with E-state index in [1.807, 2.05) is 22.9 Å². The number of carbonyl (C=O) groups is 1. The number of nitrogens with zero attached hydrogens (tertiary/aromatic N) is 2. The van der Waals surface area contributed by atoms with Crippen LogP contribution >= 0.6 is 35.1 Å². The molecular formula is C16H19ClN4O2S2. The van der Waals surface area contributed by atoms with Crippen molar-refractivity contribution in [2.75, 3.05) is 13.1 Å². The zero-order valence-electron chi connectivity index (χ0n) is 13.4. The molecule has 0 aliphatic rings. The Labute approximate surface area is 159 Å². The van der Waals surface area contributed by atoms with Crippen molar-refractivity contribution in [2.24, 2.45) is 5.73 Å². The van der Waals surface area contributed by atoms with E-state index in [1.54, 1.807) is 11.3 Å². The number of nitrogens with two attached hydrogens (primary N) is 1. The lowest BCUT2D eigenvalue weighted by Crippen LogP contribution is -2.33. The van der Waals surface area contributed by atoms with Crippen LogP contribution in [0.5, 0.6) is 0 Å². The maximum Gasteiger partial charge on any atom is 0.263 e. The predicted octanol–water partition coefficient (Wildman–Crippen LogP) is 2.46. The minimum Gasteiger partial charge on any atom is -0.355 e. The molecule has 3 N–H and O–H groups in total. The van der Waals surface area contributed by atoms with Crippen LogP contribution in [0.25, 0.3) is 20.7 Å². The first-order chi connectivity index (χ1) is 11.7. The quantitative estimate of drug-likeness (QED) is 0.598. The summed E-state index contributed by atoms with van der Waals surface area (Å²) >= 11 is 3.02. The Morgan fingerprint density at radius 3 is 2.88 bits per heavy atom. The zero-order valence-corrected chi connectivity index (χ0v) is 15.9. The third kappa shape index (κ3) is 4.46. The van der Waals surface area contributed by atoms with Crippen molar-refractivity contribution in [2.45, 2.75) is 19.4 Å². The third-order valence-corrected chi connectivity index (χ3v) is 5.40. The van der Waals surface area contributed by atoms with Crippen LogP contribution in [0, 0.1) is 0 Å². The molecule has 0 unspecified atom stereocenters. The molecule has 0 fully saturated rings. The van der Waals surface area contributed by atoms with Crippen molar-refractivity contribution < 1.29 is 4.79 Å². The van der Waals surface area contributed by atoms with Gasteiger partial charge in [0.2, 0.25) is 5.91 Å². The van der Waals surface area contributed by atoms with E-state index < -0.39 is 0 Å². The van der Waals surface area contributed by atoms with E-state index in [2.05, 4.69) is 10.3 Å². The molecule has 0 radical (unpaired) electrons. The van der Waals surface area contributed by atoms with Crippen molar-refractivity contribution in [3.05, 3.63) is 39.6 Å². The van der Waals surface area contributed by atoms with Crippen molar-refractivity contribution in [3.8, 4) is 10.4 Å². The number of unbranched alkanes of at least 4 members (excludes halogenated alkanes) is 1. The van der Waals surface area contributed by atoms with Gasteiger partial charge in [-0.1, -0.05) is 6.07 Å². The van der Waals surface area contributed by atoms with Crippen LogP contribution in [0.3, 0.4) is 0 Å². The SMILES string of the molecule is Cl.NCCCCNC(=O)Cn1cnc2scc(-c3cccs3)c2c1=O.